The van der Waals surface area contributed by atoms with Crippen LogP contribution in [0.3, 0.4) is 0 Å². The van der Waals surface area contributed by atoms with Crippen LogP contribution in [0.2, 0.25) is 5.02 Å². The predicted molar refractivity (Wildman–Crippen MR) is 78.1 cm³/mol. The maximum Gasteiger partial charge on any atom is 0.251 e. The molecule has 0 spiro atoms. The summed E-state index contributed by atoms with van der Waals surface area (Å²) in [6, 6.07) is 3.16. The Morgan fingerprint density at radius 3 is 2.67 bits per heavy atom. The lowest BCUT2D eigenvalue weighted by molar-refractivity contribution is -0.118. The quantitative estimate of drug-likeness (QED) is 0.823. The molecule has 0 fully saturated rings. The molecule has 1 aliphatic rings. The first kappa shape index (κ1) is 15.4. The van der Waals surface area contributed by atoms with Crippen molar-refractivity contribution in [2.75, 3.05) is 26.3 Å². The summed E-state index contributed by atoms with van der Waals surface area (Å²) in [7, 11) is 0. The zero-order valence-electron chi connectivity index (χ0n) is 11.7. The van der Waals surface area contributed by atoms with Crippen LogP contribution in [0.4, 0.5) is 0 Å². The van der Waals surface area contributed by atoms with Gasteiger partial charge < -0.3 is 20.1 Å². The summed E-state index contributed by atoms with van der Waals surface area (Å²) < 4.78 is 11.0. The van der Waals surface area contributed by atoms with E-state index in [1.165, 1.54) is 6.92 Å². The fourth-order valence-electron chi connectivity index (χ4n) is 1.88. The number of nitrogens with one attached hydrogen (secondary N) is 2. The fourth-order valence-corrected chi connectivity index (χ4v) is 2.14. The Morgan fingerprint density at radius 1 is 1.19 bits per heavy atom. The minimum absolute atomic E-state index is 0.136. The van der Waals surface area contributed by atoms with Crippen LogP contribution >= 0.6 is 11.6 Å². The highest BCUT2D eigenvalue weighted by atomic mass is 35.5. The number of fused-ring (bicyclic) bond motifs is 1. The van der Waals surface area contributed by atoms with Crippen LogP contribution in [0.15, 0.2) is 12.1 Å². The van der Waals surface area contributed by atoms with E-state index in [2.05, 4.69) is 10.6 Å². The normalized spacial score (nSPS) is 13.2. The third-order valence-corrected chi connectivity index (χ3v) is 3.13. The molecule has 0 aromatic heterocycles. The SMILES string of the molecule is CC(=O)NCCNC(=O)c1cc(Cl)c2c(c1)OCCCO2. The van der Waals surface area contributed by atoms with Gasteiger partial charge in [-0.3, -0.25) is 9.59 Å². The first-order valence-electron chi connectivity index (χ1n) is 6.69. The number of halogens is 1. The Kier molecular flexibility index (Phi) is 5.27. The minimum Gasteiger partial charge on any atom is -0.489 e. The predicted octanol–water partition coefficient (Wildman–Crippen LogP) is 1.37. The van der Waals surface area contributed by atoms with Crippen molar-refractivity contribution in [3.05, 3.63) is 22.7 Å². The van der Waals surface area contributed by atoms with E-state index in [-0.39, 0.29) is 11.8 Å². The van der Waals surface area contributed by atoms with Crippen LogP contribution in [-0.4, -0.2) is 38.1 Å². The highest BCUT2D eigenvalue weighted by Gasteiger charge is 2.18. The molecule has 2 N–H and O–H groups in total. The molecule has 0 saturated heterocycles. The van der Waals surface area contributed by atoms with Crippen LogP contribution in [0.5, 0.6) is 11.5 Å². The fraction of sp³-hybridized carbons (Fsp3) is 0.429. The van der Waals surface area contributed by atoms with Crippen molar-refractivity contribution in [2.24, 2.45) is 0 Å². The standard InChI is InChI=1S/C14H17ClN2O4/c1-9(18)16-3-4-17-14(19)10-7-11(15)13-12(8-10)20-5-2-6-21-13/h7-8H,2-6H2,1H3,(H,16,18)(H,17,19). The average Bonchev–Trinajstić information content (AvgIpc) is 2.68. The van der Waals surface area contributed by atoms with Gasteiger partial charge in [0.05, 0.1) is 18.2 Å². The molecule has 1 heterocycles. The van der Waals surface area contributed by atoms with Crippen LogP contribution < -0.4 is 20.1 Å². The van der Waals surface area contributed by atoms with Gasteiger partial charge in [0.15, 0.2) is 11.5 Å². The number of hydrogen-bond acceptors (Lipinski definition) is 4. The number of ether oxygens (including phenoxy) is 2. The van der Waals surface area contributed by atoms with Crippen molar-refractivity contribution in [3.63, 3.8) is 0 Å². The molecule has 0 bridgehead atoms. The topological polar surface area (TPSA) is 76.7 Å². The van der Waals surface area contributed by atoms with Gasteiger partial charge in [0, 0.05) is 32.0 Å². The molecule has 0 radical (unpaired) electrons. The van der Waals surface area contributed by atoms with E-state index in [4.69, 9.17) is 21.1 Å². The molecule has 2 amide bonds. The van der Waals surface area contributed by atoms with Crippen molar-refractivity contribution < 1.29 is 19.1 Å². The largest absolute Gasteiger partial charge is 0.489 e. The molecule has 0 aliphatic carbocycles. The zero-order valence-corrected chi connectivity index (χ0v) is 12.5. The summed E-state index contributed by atoms with van der Waals surface area (Å²) in [5.74, 6) is 0.539. The van der Waals surface area contributed by atoms with Gasteiger partial charge in [-0.05, 0) is 12.1 Å². The van der Waals surface area contributed by atoms with Crippen LogP contribution in [0, 0.1) is 0 Å². The average molecular weight is 313 g/mol. The Bertz CT molecular complexity index is 548. The molecule has 7 heteroatoms. The lowest BCUT2D eigenvalue weighted by Gasteiger charge is -2.12. The van der Waals surface area contributed by atoms with Gasteiger partial charge in [0.2, 0.25) is 5.91 Å². The number of rotatable bonds is 4. The third-order valence-electron chi connectivity index (χ3n) is 2.85. The number of carbonyl (C=O) groups is 2. The molecule has 1 aromatic carbocycles. The Hall–Kier alpha value is -1.95. The summed E-state index contributed by atoms with van der Waals surface area (Å²) in [6.45, 7) is 3.20. The van der Waals surface area contributed by atoms with E-state index in [0.29, 0.717) is 48.4 Å². The van der Waals surface area contributed by atoms with E-state index >= 15 is 0 Å². The van der Waals surface area contributed by atoms with Crippen molar-refractivity contribution >= 4 is 23.4 Å². The number of carbonyl (C=O) groups excluding carboxylic acids is 2. The van der Waals surface area contributed by atoms with Gasteiger partial charge in [-0.25, -0.2) is 0 Å². The van der Waals surface area contributed by atoms with E-state index in [9.17, 15) is 9.59 Å². The number of benzene rings is 1. The van der Waals surface area contributed by atoms with E-state index in [1.807, 2.05) is 0 Å². The molecule has 6 nitrogen and oxygen atoms in total. The number of amides is 2. The zero-order chi connectivity index (χ0) is 15.2. The lowest BCUT2D eigenvalue weighted by atomic mass is 10.2. The van der Waals surface area contributed by atoms with Gasteiger partial charge >= 0.3 is 0 Å². The molecule has 1 aromatic rings. The monoisotopic (exact) mass is 312 g/mol. The van der Waals surface area contributed by atoms with Gasteiger partial charge in [-0.15, -0.1) is 0 Å². The molecule has 0 unspecified atom stereocenters. The molecular formula is C14H17ClN2O4. The lowest BCUT2D eigenvalue weighted by Crippen LogP contribution is -2.33. The van der Waals surface area contributed by atoms with Crippen molar-refractivity contribution in [2.45, 2.75) is 13.3 Å². The maximum atomic E-state index is 12.0. The Morgan fingerprint density at radius 2 is 1.90 bits per heavy atom. The van der Waals surface area contributed by atoms with Crippen molar-refractivity contribution in [3.8, 4) is 11.5 Å². The van der Waals surface area contributed by atoms with Crippen molar-refractivity contribution in [1.82, 2.24) is 10.6 Å². The molecule has 2 rings (SSSR count). The molecule has 0 atom stereocenters. The first-order valence-corrected chi connectivity index (χ1v) is 7.07. The smallest absolute Gasteiger partial charge is 0.251 e. The molecule has 21 heavy (non-hydrogen) atoms. The van der Waals surface area contributed by atoms with Gasteiger partial charge in [-0.1, -0.05) is 11.6 Å². The highest BCUT2D eigenvalue weighted by molar-refractivity contribution is 6.32. The van der Waals surface area contributed by atoms with Crippen molar-refractivity contribution in [1.29, 1.82) is 0 Å². The van der Waals surface area contributed by atoms with Gasteiger partial charge in [0.25, 0.3) is 5.91 Å². The van der Waals surface area contributed by atoms with Crippen LogP contribution in [0.25, 0.3) is 0 Å². The number of hydrogen-bond donors (Lipinski definition) is 2. The van der Waals surface area contributed by atoms with E-state index in [1.54, 1.807) is 12.1 Å². The highest BCUT2D eigenvalue weighted by Crippen LogP contribution is 2.37. The van der Waals surface area contributed by atoms with E-state index < -0.39 is 0 Å². The molecule has 0 saturated carbocycles. The summed E-state index contributed by atoms with van der Waals surface area (Å²) in [5, 5.41) is 5.64. The molecular weight excluding hydrogens is 296 g/mol. The molecule has 1 aliphatic heterocycles. The third kappa shape index (κ3) is 4.26. The van der Waals surface area contributed by atoms with Crippen LogP contribution in [-0.2, 0) is 4.79 Å². The second kappa shape index (κ2) is 7.17. The summed E-state index contributed by atoms with van der Waals surface area (Å²) in [4.78, 5) is 22.8. The first-order chi connectivity index (χ1) is 10.1. The molecule has 114 valence electrons. The van der Waals surface area contributed by atoms with E-state index in [0.717, 1.165) is 6.42 Å². The minimum atomic E-state index is -0.280. The van der Waals surface area contributed by atoms with Gasteiger partial charge in [-0.2, -0.15) is 0 Å². The van der Waals surface area contributed by atoms with Gasteiger partial charge in [0.1, 0.15) is 0 Å². The summed E-state index contributed by atoms with van der Waals surface area (Å²) in [6.07, 6.45) is 0.767. The summed E-state index contributed by atoms with van der Waals surface area (Å²) in [5.41, 5.74) is 0.395. The second-order valence-corrected chi connectivity index (χ2v) is 4.98. The Labute approximate surface area is 127 Å². The summed E-state index contributed by atoms with van der Waals surface area (Å²) >= 11 is 6.12. The van der Waals surface area contributed by atoms with Crippen LogP contribution in [0.1, 0.15) is 23.7 Å². The second-order valence-electron chi connectivity index (χ2n) is 4.57. The maximum absolute atomic E-state index is 12.0. The Balaban J connectivity index is 2.02.